The van der Waals surface area contributed by atoms with Gasteiger partial charge < -0.3 is 5.73 Å². The molecule has 106 valence electrons. The third-order valence-corrected chi connectivity index (χ3v) is 3.05. The predicted molar refractivity (Wildman–Crippen MR) is 87.8 cm³/mol. The second-order valence-electron chi connectivity index (χ2n) is 4.76. The van der Waals surface area contributed by atoms with Crippen LogP contribution in [0, 0.1) is 0 Å². The van der Waals surface area contributed by atoms with Crippen molar-refractivity contribution in [2.75, 3.05) is 6.54 Å². The van der Waals surface area contributed by atoms with Gasteiger partial charge in [-0.1, -0.05) is 43.0 Å². The molecule has 0 saturated heterocycles. The van der Waals surface area contributed by atoms with Crippen molar-refractivity contribution in [2.45, 2.75) is 40.5 Å². The maximum absolute atomic E-state index is 5.96. The minimum absolute atomic E-state index is 0.544. The maximum atomic E-state index is 5.96. The fraction of sp³-hybridized carbons (Fsp3) is 0.389. The minimum Gasteiger partial charge on any atom is -0.383 e. The van der Waals surface area contributed by atoms with E-state index in [0.717, 1.165) is 24.0 Å². The number of aliphatic imine (C=N–C) groups is 1. The monoisotopic (exact) mass is 268 g/mol. The summed E-state index contributed by atoms with van der Waals surface area (Å²) < 4.78 is 0. The largest absolute Gasteiger partial charge is 0.383 e. The average Bonchev–Trinajstić information content (AvgIpc) is 2.48. The van der Waals surface area contributed by atoms with Gasteiger partial charge >= 0.3 is 0 Å². The van der Waals surface area contributed by atoms with Crippen LogP contribution in [0.1, 0.15) is 40.5 Å². The van der Waals surface area contributed by atoms with Crippen molar-refractivity contribution in [3.63, 3.8) is 0 Å². The fourth-order valence-corrected chi connectivity index (χ4v) is 1.86. The second kappa shape index (κ2) is 8.22. The molecule has 0 spiro atoms. The zero-order chi connectivity index (χ0) is 15.0. The Balaban J connectivity index is 0.000000956. The first-order chi connectivity index (χ1) is 9.65. The number of hydrogen-bond donors (Lipinski definition) is 1. The van der Waals surface area contributed by atoms with Crippen LogP contribution >= 0.6 is 0 Å². The predicted octanol–water partition coefficient (Wildman–Crippen LogP) is 4.23. The smallest absolute Gasteiger partial charge is 0.134 e. The van der Waals surface area contributed by atoms with Crippen molar-refractivity contribution in [2.24, 2.45) is 10.7 Å². The number of nitrogens with two attached hydrogens (primary N) is 1. The summed E-state index contributed by atoms with van der Waals surface area (Å²) in [6.07, 6.45) is 10.4. The van der Waals surface area contributed by atoms with Gasteiger partial charge in [0.1, 0.15) is 5.84 Å². The molecule has 0 fully saturated rings. The van der Waals surface area contributed by atoms with E-state index in [9.17, 15) is 0 Å². The molecule has 2 nitrogen and oxygen atoms in total. The van der Waals surface area contributed by atoms with Crippen molar-refractivity contribution < 1.29 is 0 Å². The highest BCUT2D eigenvalue weighted by atomic mass is 14.8. The Morgan fingerprint density at radius 1 is 1.25 bits per heavy atom. The molecule has 2 heteroatoms. The SMILES string of the molecule is CC.CC1=CC(C(N)=NCC2=CC=C(C)CC2)=C=C=C1. The van der Waals surface area contributed by atoms with Gasteiger partial charge in [-0.25, -0.2) is 0 Å². The van der Waals surface area contributed by atoms with Crippen molar-refractivity contribution in [3.8, 4) is 0 Å². The minimum atomic E-state index is 0.544. The summed E-state index contributed by atoms with van der Waals surface area (Å²) >= 11 is 0. The number of amidine groups is 1. The molecule has 2 aliphatic carbocycles. The lowest BCUT2D eigenvalue weighted by molar-refractivity contribution is 0.873. The number of rotatable bonds is 3. The van der Waals surface area contributed by atoms with Crippen LogP contribution < -0.4 is 5.73 Å². The number of allylic oxidation sites excluding steroid dienone is 5. The molecular formula is C18H24N2. The highest BCUT2D eigenvalue weighted by molar-refractivity contribution is 5.99. The van der Waals surface area contributed by atoms with Crippen LogP contribution in [-0.4, -0.2) is 12.4 Å². The van der Waals surface area contributed by atoms with Gasteiger partial charge in [0.25, 0.3) is 0 Å². The molecule has 2 N–H and O–H groups in total. The molecule has 20 heavy (non-hydrogen) atoms. The van der Waals surface area contributed by atoms with Crippen molar-refractivity contribution in [3.05, 3.63) is 58.1 Å². The second-order valence-corrected chi connectivity index (χ2v) is 4.76. The molecular weight excluding hydrogens is 244 g/mol. The quantitative estimate of drug-likeness (QED) is 0.464. The van der Waals surface area contributed by atoms with E-state index in [4.69, 9.17) is 5.73 Å². The van der Waals surface area contributed by atoms with E-state index in [-0.39, 0.29) is 0 Å². The fourth-order valence-electron chi connectivity index (χ4n) is 1.86. The lowest BCUT2D eigenvalue weighted by Gasteiger charge is -2.10. The highest BCUT2D eigenvalue weighted by Crippen LogP contribution is 2.18. The average molecular weight is 268 g/mol. The third-order valence-electron chi connectivity index (χ3n) is 3.05. The van der Waals surface area contributed by atoms with Crippen molar-refractivity contribution in [1.82, 2.24) is 0 Å². The van der Waals surface area contributed by atoms with Crippen LogP contribution in [0.2, 0.25) is 0 Å². The Morgan fingerprint density at radius 2 is 2.00 bits per heavy atom. The van der Waals surface area contributed by atoms with Crippen LogP contribution in [0.3, 0.4) is 0 Å². The van der Waals surface area contributed by atoms with Gasteiger partial charge in [-0.3, -0.25) is 4.99 Å². The Morgan fingerprint density at radius 3 is 2.60 bits per heavy atom. The molecule has 2 rings (SSSR count). The molecule has 0 aromatic rings. The summed E-state index contributed by atoms with van der Waals surface area (Å²) in [5, 5.41) is 0. The summed E-state index contributed by atoms with van der Waals surface area (Å²) in [4.78, 5) is 4.43. The standard InChI is InChI=1S/C16H18N2.C2H6/c1-12-6-8-14(9-7-12)11-18-16(17)15-5-3-4-13(2)10-15;1-2/h4,6,8,10H,7,9,11H2,1-2H3,(H2,17,18);1-2H3. The van der Waals surface area contributed by atoms with Crippen LogP contribution in [-0.2, 0) is 0 Å². The van der Waals surface area contributed by atoms with Crippen molar-refractivity contribution >= 4 is 5.84 Å². The molecule has 0 aromatic carbocycles. The van der Waals surface area contributed by atoms with Gasteiger partial charge in [0, 0.05) is 0 Å². The van der Waals surface area contributed by atoms with Gasteiger partial charge in [0.15, 0.2) is 0 Å². The normalized spacial score (nSPS) is 17.5. The summed E-state index contributed by atoms with van der Waals surface area (Å²) in [6.45, 7) is 8.85. The van der Waals surface area contributed by atoms with Gasteiger partial charge in [-0.05, 0) is 50.0 Å². The Hall–Kier alpha value is -2.01. The van der Waals surface area contributed by atoms with Crippen LogP contribution in [0.25, 0.3) is 0 Å². The van der Waals surface area contributed by atoms with Gasteiger partial charge in [0.2, 0.25) is 0 Å². The van der Waals surface area contributed by atoms with E-state index in [1.165, 1.54) is 11.1 Å². The Bertz CT molecular complexity index is 571. The third kappa shape index (κ3) is 4.93. The lowest BCUT2D eigenvalue weighted by atomic mass is 10.00. The van der Waals surface area contributed by atoms with E-state index in [2.05, 4.69) is 35.5 Å². The molecule has 0 unspecified atom stereocenters. The molecule has 0 atom stereocenters. The van der Waals surface area contributed by atoms with Crippen LogP contribution in [0.4, 0.5) is 0 Å². The van der Waals surface area contributed by atoms with Crippen LogP contribution in [0.15, 0.2) is 63.1 Å². The van der Waals surface area contributed by atoms with Gasteiger partial charge in [0.05, 0.1) is 12.1 Å². The van der Waals surface area contributed by atoms with E-state index < -0.39 is 0 Å². The maximum Gasteiger partial charge on any atom is 0.134 e. The molecule has 0 heterocycles. The highest BCUT2D eigenvalue weighted by Gasteiger charge is 2.05. The summed E-state index contributed by atoms with van der Waals surface area (Å²) in [7, 11) is 0. The Kier molecular flexibility index (Phi) is 6.59. The molecule has 0 bridgehead atoms. The Labute approximate surface area is 122 Å². The topological polar surface area (TPSA) is 38.4 Å². The zero-order valence-corrected chi connectivity index (χ0v) is 13.0. The zero-order valence-electron chi connectivity index (χ0n) is 13.0. The molecule has 0 saturated carbocycles. The molecule has 0 radical (unpaired) electrons. The van der Waals surface area contributed by atoms with E-state index >= 15 is 0 Å². The van der Waals surface area contributed by atoms with E-state index in [0.29, 0.717) is 12.4 Å². The first-order valence-corrected chi connectivity index (χ1v) is 7.20. The number of nitrogens with zero attached hydrogens (tertiary/aromatic N) is 1. The molecule has 0 amide bonds. The first-order valence-electron chi connectivity index (χ1n) is 7.20. The van der Waals surface area contributed by atoms with Gasteiger partial charge in [-0.2, -0.15) is 0 Å². The van der Waals surface area contributed by atoms with Gasteiger partial charge in [-0.15, -0.1) is 0 Å². The van der Waals surface area contributed by atoms with E-state index in [1.54, 1.807) is 0 Å². The first kappa shape index (κ1) is 16.0. The van der Waals surface area contributed by atoms with Crippen molar-refractivity contribution in [1.29, 1.82) is 0 Å². The molecule has 0 aromatic heterocycles. The summed E-state index contributed by atoms with van der Waals surface area (Å²) in [5.74, 6) is 0.544. The summed E-state index contributed by atoms with van der Waals surface area (Å²) in [6, 6.07) is 0. The lowest BCUT2D eigenvalue weighted by Crippen LogP contribution is -2.15. The molecule has 0 aliphatic heterocycles. The number of hydrogen-bond acceptors (Lipinski definition) is 1. The molecule has 2 aliphatic rings. The van der Waals surface area contributed by atoms with E-state index in [1.807, 2.05) is 32.9 Å². The van der Waals surface area contributed by atoms with Crippen LogP contribution in [0.5, 0.6) is 0 Å². The summed E-state index contributed by atoms with van der Waals surface area (Å²) in [5.41, 5.74) is 16.6.